The van der Waals surface area contributed by atoms with Gasteiger partial charge in [-0.05, 0) is 42.1 Å². The number of carbonyl (C=O) groups excluding carboxylic acids is 2. The van der Waals surface area contributed by atoms with Gasteiger partial charge in [0.05, 0.1) is 12.4 Å². The number of halogens is 11. The van der Waals surface area contributed by atoms with E-state index in [0.717, 1.165) is 25.2 Å². The Balaban J connectivity index is 0. The normalized spacial score (nSPS) is 13.9. The molecule has 5 heterocycles. The van der Waals surface area contributed by atoms with Crippen LogP contribution in [0.5, 0.6) is 0 Å². The first kappa shape index (κ1) is 50.8. The molecule has 2 aromatic rings. The van der Waals surface area contributed by atoms with Gasteiger partial charge in [-0.3, -0.25) is 33.3 Å². The zero-order valence-corrected chi connectivity index (χ0v) is 29.7. The van der Waals surface area contributed by atoms with Crippen LogP contribution in [0.4, 0.5) is 39.5 Å². The molecular weight excluding hydrogens is 832 g/mol. The van der Waals surface area contributed by atoms with Gasteiger partial charge >= 0.3 is 49.3 Å². The Bertz CT molecular complexity index is 1660. The number of rotatable bonds is 3. The summed E-state index contributed by atoms with van der Waals surface area (Å²) in [5.41, 5.74) is 1.81. The number of nitrogens with zero attached hydrogens (tertiary/aromatic N) is 6. The van der Waals surface area contributed by atoms with Gasteiger partial charge in [-0.15, -0.1) is 12.4 Å². The quantitative estimate of drug-likeness (QED) is 0.132. The average Bonchev–Trinajstić information content (AvgIpc) is 3.77. The van der Waals surface area contributed by atoms with E-state index in [1.807, 2.05) is 0 Å². The Morgan fingerprint density at radius 2 is 1.48 bits per heavy atom. The summed E-state index contributed by atoms with van der Waals surface area (Å²) >= 11 is 5.85. The zero-order chi connectivity index (χ0) is 38.4. The molecule has 12 nitrogen and oxygen atoms in total. The molecule has 0 saturated carbocycles. The summed E-state index contributed by atoms with van der Waals surface area (Å²) in [5, 5.41) is 0. The number of ketones is 1. The van der Waals surface area contributed by atoms with Crippen LogP contribution in [0.1, 0.15) is 69.5 Å². The fraction of sp³-hybridized carbons (Fsp3) is 0.593. The molecular formula is C27H34BBrClF9N7O5S. The van der Waals surface area contributed by atoms with Crippen LogP contribution in [0, 0.1) is 0 Å². The van der Waals surface area contributed by atoms with Crippen LogP contribution in [0.15, 0.2) is 29.4 Å². The van der Waals surface area contributed by atoms with Gasteiger partial charge in [-0.1, -0.05) is 7.43 Å². The maximum atomic E-state index is 12.5. The van der Waals surface area contributed by atoms with E-state index in [-0.39, 0.29) is 38.1 Å². The molecule has 0 aromatic carbocycles. The molecule has 0 saturated heterocycles. The van der Waals surface area contributed by atoms with E-state index in [4.69, 9.17) is 5.73 Å². The third-order valence-corrected chi connectivity index (χ3v) is 6.95. The molecule has 3 aliphatic rings. The molecule has 2 N–H and O–H groups in total. The Hall–Kier alpha value is -3.28. The van der Waals surface area contributed by atoms with Crippen molar-refractivity contribution in [1.82, 2.24) is 19.1 Å². The molecule has 0 bridgehead atoms. The van der Waals surface area contributed by atoms with Crippen molar-refractivity contribution in [3.8, 4) is 0 Å². The predicted molar refractivity (Wildman–Crippen MR) is 181 cm³/mol. The summed E-state index contributed by atoms with van der Waals surface area (Å²) < 4.78 is 117. The summed E-state index contributed by atoms with van der Waals surface area (Å²) in [6, 6.07) is 0.550. The molecule has 293 valence electrons. The summed E-state index contributed by atoms with van der Waals surface area (Å²) in [5.74, 6) is -1.95. The molecule has 2 aromatic heterocycles. The number of fused-ring (bicyclic) bond motifs is 2. The number of hydrogen-bond donors (Lipinski definition) is 2. The molecule has 0 unspecified atom stereocenters. The third-order valence-electron chi connectivity index (χ3n) is 6.24. The summed E-state index contributed by atoms with van der Waals surface area (Å²) in [7, 11) is 4.34. The Labute approximate surface area is 312 Å². The molecule has 0 spiro atoms. The molecule has 5 rings (SSSR count). The second-order valence-corrected chi connectivity index (χ2v) is 10.9. The SMILES string of the molecule is C.CCOC(=O)CC(=O)C(F)(F)F.Cl.NC1=NCCC1.O=c1c(Br)c(C(F)(F)F)nc2n1CCC2.O=c1cc(C(F)(F)F)nc2n1CCC2.[B]=NS. The van der Waals surface area contributed by atoms with E-state index in [9.17, 15) is 58.7 Å². The molecule has 0 amide bonds. The average molecular weight is 866 g/mol. The van der Waals surface area contributed by atoms with Crippen molar-refractivity contribution >= 4 is 66.4 Å². The molecule has 1 radical (unpaired) electrons. The number of aliphatic imine (C=N–C) groups is 1. The van der Waals surface area contributed by atoms with Crippen LogP contribution in [-0.4, -0.2) is 63.7 Å². The van der Waals surface area contributed by atoms with Gasteiger partial charge in [0.15, 0.2) is 11.4 Å². The number of Topliss-reactive ketones (excluding diaryl/α,β-unsaturated/α-hetero) is 1. The van der Waals surface area contributed by atoms with Crippen molar-refractivity contribution in [2.75, 3.05) is 13.2 Å². The van der Waals surface area contributed by atoms with Gasteiger partial charge in [0.2, 0.25) is 5.78 Å². The standard InChI is InChI=1S/C8H6BrF3N2O.C8H7F3N2O.C6H7F3O3.C4H8N2.CH4.BHNS.ClH/c9-5-6(8(10,11)12)13-4-2-1-3-14(4)7(5)15;9-8(10,11)5-4-7(14)13-3-1-2-6(13)12-5;1-2-12-5(11)3-4(10)6(7,8)9;5-4-2-1-3-6-4;;1-2-3;/h1-3H2;4H,1-3H2;2-3H2,1H3;1-3H2,(H2,5,6);1H4;3H;1H. The summed E-state index contributed by atoms with van der Waals surface area (Å²) in [4.78, 5) is 54.0. The van der Waals surface area contributed by atoms with E-state index in [1.54, 1.807) is 0 Å². The Kier molecular flexibility index (Phi) is 22.2. The van der Waals surface area contributed by atoms with Gasteiger partial charge in [-0.2, -0.15) is 39.5 Å². The van der Waals surface area contributed by atoms with Gasteiger partial charge in [0.1, 0.15) is 22.5 Å². The monoisotopic (exact) mass is 864 g/mol. The Morgan fingerprint density at radius 3 is 1.88 bits per heavy atom. The molecule has 25 heteroatoms. The minimum atomic E-state index is -4.95. The topological polar surface area (TPSA) is 164 Å². The predicted octanol–water partition coefficient (Wildman–Crippen LogP) is 5.63. The van der Waals surface area contributed by atoms with E-state index in [1.165, 1.54) is 16.1 Å². The van der Waals surface area contributed by atoms with Crippen LogP contribution in [0.2, 0.25) is 0 Å². The molecule has 0 atom stereocenters. The number of aromatic nitrogens is 4. The van der Waals surface area contributed by atoms with Crippen molar-refractivity contribution in [3.05, 3.63) is 54.3 Å². The zero-order valence-electron chi connectivity index (χ0n) is 26.4. The number of nitrogens with two attached hydrogens (primary N) is 1. The first-order valence-corrected chi connectivity index (χ1v) is 15.4. The first-order valence-electron chi connectivity index (χ1n) is 14.2. The number of aryl methyl sites for hydroxylation is 2. The molecule has 0 fully saturated rings. The number of thiol groups is 1. The van der Waals surface area contributed by atoms with Crippen LogP contribution in [0.25, 0.3) is 0 Å². The Morgan fingerprint density at radius 1 is 0.962 bits per heavy atom. The van der Waals surface area contributed by atoms with E-state index in [2.05, 4.69) is 60.4 Å². The number of hydrogen-bond acceptors (Lipinski definition) is 11. The third kappa shape index (κ3) is 16.6. The molecule has 52 heavy (non-hydrogen) atoms. The second-order valence-electron chi connectivity index (χ2n) is 9.89. The maximum absolute atomic E-state index is 12.5. The fourth-order valence-corrected chi connectivity index (χ4v) is 4.64. The first-order chi connectivity index (χ1) is 23.1. The van der Waals surface area contributed by atoms with Gasteiger partial charge in [0, 0.05) is 45.0 Å². The van der Waals surface area contributed by atoms with E-state index in [0.29, 0.717) is 44.8 Å². The van der Waals surface area contributed by atoms with Gasteiger partial charge < -0.3 is 10.5 Å². The summed E-state index contributed by atoms with van der Waals surface area (Å²) in [6.45, 7) is 3.27. The van der Waals surface area contributed by atoms with Crippen LogP contribution in [-0.2, 0) is 52.6 Å². The van der Waals surface area contributed by atoms with Gasteiger partial charge in [-0.25, -0.2) is 9.97 Å². The van der Waals surface area contributed by atoms with Crippen molar-refractivity contribution in [2.24, 2.45) is 15.0 Å². The molecule has 3 aliphatic heterocycles. The number of alkyl halides is 9. The van der Waals surface area contributed by atoms with Crippen molar-refractivity contribution in [3.63, 3.8) is 0 Å². The number of esters is 1. The minimum absolute atomic E-state index is 0. The number of amidine groups is 1. The van der Waals surface area contributed by atoms with Crippen molar-refractivity contribution in [1.29, 1.82) is 0 Å². The van der Waals surface area contributed by atoms with E-state index >= 15 is 0 Å². The van der Waals surface area contributed by atoms with Crippen LogP contribution >= 0.6 is 41.2 Å². The number of carbonyl (C=O) groups is 2. The van der Waals surface area contributed by atoms with E-state index < -0.39 is 63.7 Å². The van der Waals surface area contributed by atoms with Crippen molar-refractivity contribution in [2.45, 2.75) is 90.9 Å². The fourth-order valence-electron chi connectivity index (χ4n) is 4.11. The van der Waals surface area contributed by atoms with Gasteiger partial charge in [0.25, 0.3) is 11.1 Å². The summed E-state index contributed by atoms with van der Waals surface area (Å²) in [6.07, 6.45) is -10.9. The second kappa shape index (κ2) is 22.7. The van der Waals surface area contributed by atoms with Crippen molar-refractivity contribution < 1.29 is 53.8 Å². The number of ether oxygens (including phenoxy) is 1. The van der Waals surface area contributed by atoms with Crippen LogP contribution < -0.4 is 16.9 Å². The van der Waals surface area contributed by atoms with Crippen LogP contribution in [0.3, 0.4) is 0 Å². The molecule has 0 aliphatic carbocycles.